The molecule has 3 aromatic rings. The Hall–Kier alpha value is -4.93. The highest BCUT2D eigenvalue weighted by atomic mass is 16.6. The Morgan fingerprint density at radius 2 is 1.51 bits per heavy atom. The Morgan fingerprint density at radius 3 is 2.14 bits per heavy atom. The van der Waals surface area contributed by atoms with Gasteiger partial charge in [0.1, 0.15) is 5.69 Å². The molecule has 37 heavy (non-hydrogen) atoms. The van der Waals surface area contributed by atoms with E-state index in [9.17, 15) is 24.5 Å². The maximum absolute atomic E-state index is 12.6. The van der Waals surface area contributed by atoms with Gasteiger partial charge in [-0.3, -0.25) is 19.7 Å². The van der Waals surface area contributed by atoms with Crippen LogP contribution in [0, 0.1) is 10.1 Å². The molecule has 3 aromatic carbocycles. The van der Waals surface area contributed by atoms with Gasteiger partial charge in [-0.15, -0.1) is 0 Å². The molecule has 3 amide bonds. The molecule has 0 heterocycles. The number of nitrogens with one attached hydrogen (secondary N) is 3. The monoisotopic (exact) mass is 506 g/mol. The molecule has 0 spiro atoms. The average molecular weight is 507 g/mol. The van der Waals surface area contributed by atoms with Crippen LogP contribution < -0.4 is 25.4 Å². The van der Waals surface area contributed by atoms with Crippen molar-refractivity contribution < 1.29 is 28.8 Å². The lowest BCUT2D eigenvalue weighted by atomic mass is 10.1. The summed E-state index contributed by atoms with van der Waals surface area (Å²) in [7, 11) is 2.92. The Balaban J connectivity index is 1.57. The number of amides is 3. The normalized spacial score (nSPS) is 10.2. The number of hydrogen-bond acceptors (Lipinski definition) is 7. The number of ether oxygens (including phenoxy) is 2. The molecule has 11 heteroatoms. The van der Waals surface area contributed by atoms with E-state index in [0.29, 0.717) is 34.9 Å². The molecular formula is C26H26N4O7. The van der Waals surface area contributed by atoms with E-state index in [-0.39, 0.29) is 29.5 Å². The second-order valence-electron chi connectivity index (χ2n) is 7.91. The van der Waals surface area contributed by atoms with Crippen molar-refractivity contribution in [1.29, 1.82) is 0 Å². The largest absolute Gasteiger partial charge is 0.493 e. The van der Waals surface area contributed by atoms with Crippen molar-refractivity contribution in [2.24, 2.45) is 0 Å². The number of carbonyl (C=O) groups is 3. The molecule has 0 aliphatic heterocycles. The first-order chi connectivity index (χ1) is 17.7. The predicted octanol–water partition coefficient (Wildman–Crippen LogP) is 5.03. The van der Waals surface area contributed by atoms with Gasteiger partial charge < -0.3 is 25.4 Å². The van der Waals surface area contributed by atoms with Crippen LogP contribution in [0.15, 0.2) is 60.7 Å². The van der Waals surface area contributed by atoms with Crippen molar-refractivity contribution in [3.8, 4) is 11.5 Å². The van der Waals surface area contributed by atoms with Crippen LogP contribution in [0.4, 0.5) is 27.5 Å². The van der Waals surface area contributed by atoms with Crippen molar-refractivity contribution in [3.63, 3.8) is 0 Å². The van der Waals surface area contributed by atoms with Gasteiger partial charge in [-0.2, -0.15) is 0 Å². The highest BCUT2D eigenvalue weighted by Crippen LogP contribution is 2.33. The van der Waals surface area contributed by atoms with Crippen LogP contribution in [-0.2, 0) is 11.2 Å². The van der Waals surface area contributed by atoms with E-state index in [1.807, 2.05) is 0 Å². The third-order valence-corrected chi connectivity index (χ3v) is 5.38. The zero-order valence-corrected chi connectivity index (χ0v) is 20.5. The van der Waals surface area contributed by atoms with Gasteiger partial charge in [-0.25, -0.2) is 4.79 Å². The Bertz CT molecular complexity index is 1320. The number of methoxy groups -OCH3 is 2. The van der Waals surface area contributed by atoms with Crippen LogP contribution in [0.1, 0.15) is 29.3 Å². The van der Waals surface area contributed by atoms with Gasteiger partial charge in [0.05, 0.1) is 24.8 Å². The summed E-state index contributed by atoms with van der Waals surface area (Å²) in [6.45, 7) is 1.40. The number of rotatable bonds is 10. The minimum atomic E-state index is -0.627. The topological polar surface area (TPSA) is 149 Å². The first kappa shape index (κ1) is 26.7. The van der Waals surface area contributed by atoms with Crippen LogP contribution in [0.2, 0.25) is 0 Å². The number of benzene rings is 3. The number of hydrogen-bond donors (Lipinski definition) is 3. The molecule has 0 aromatic heterocycles. The number of ketones is 1. The molecule has 11 nitrogen and oxygen atoms in total. The molecule has 192 valence electrons. The van der Waals surface area contributed by atoms with Crippen molar-refractivity contribution >= 4 is 40.5 Å². The van der Waals surface area contributed by atoms with Gasteiger partial charge in [0.25, 0.3) is 5.69 Å². The standard InChI is InChI=1S/C26H26N4O7/c1-16(31)19-14-23(36-2)24(37-3)15-21(19)28-25(32)13-10-17-8-11-18(12-9-17)27-26(33)29-20-6-4-5-7-22(20)30(34)35/h4-9,11-12,14-15H,10,13H2,1-3H3,(H,28,32)(H2,27,29,33). The number of nitrogens with zero attached hydrogens (tertiary/aromatic N) is 1. The third kappa shape index (κ3) is 7.04. The van der Waals surface area contributed by atoms with Crippen molar-refractivity contribution in [2.75, 3.05) is 30.2 Å². The predicted molar refractivity (Wildman–Crippen MR) is 139 cm³/mol. The van der Waals surface area contributed by atoms with E-state index in [2.05, 4.69) is 16.0 Å². The number of nitro benzene ring substituents is 1. The molecule has 0 aliphatic carbocycles. The number of Topliss-reactive ketones (excluding diaryl/α,β-unsaturated/α-hetero) is 1. The number of para-hydroxylation sites is 2. The van der Waals surface area contributed by atoms with Gasteiger partial charge in [0.2, 0.25) is 5.91 Å². The fraction of sp³-hybridized carbons (Fsp3) is 0.192. The van der Waals surface area contributed by atoms with E-state index in [0.717, 1.165) is 5.56 Å². The molecule has 0 fully saturated rings. The zero-order chi connectivity index (χ0) is 26.9. The van der Waals surface area contributed by atoms with Crippen LogP contribution >= 0.6 is 0 Å². The first-order valence-electron chi connectivity index (χ1n) is 11.2. The lowest BCUT2D eigenvalue weighted by molar-refractivity contribution is -0.383. The SMILES string of the molecule is COc1cc(NC(=O)CCc2ccc(NC(=O)Nc3ccccc3[N+](=O)[O-])cc2)c(C(C)=O)cc1OC. The van der Waals surface area contributed by atoms with Crippen LogP contribution in [0.5, 0.6) is 11.5 Å². The lowest BCUT2D eigenvalue weighted by Gasteiger charge is -2.14. The second kappa shape index (κ2) is 12.2. The first-order valence-corrected chi connectivity index (χ1v) is 11.2. The van der Waals surface area contributed by atoms with Crippen LogP contribution in [0.25, 0.3) is 0 Å². The summed E-state index contributed by atoms with van der Waals surface area (Å²) in [5, 5.41) is 18.9. The number of anilines is 3. The Labute approximate surface area is 212 Å². The van der Waals surface area contributed by atoms with E-state index in [1.165, 1.54) is 45.4 Å². The maximum Gasteiger partial charge on any atom is 0.323 e. The van der Waals surface area contributed by atoms with Crippen molar-refractivity contribution in [1.82, 2.24) is 0 Å². The fourth-order valence-corrected chi connectivity index (χ4v) is 3.52. The highest BCUT2D eigenvalue weighted by Gasteiger charge is 2.17. The van der Waals surface area contributed by atoms with Crippen molar-refractivity contribution in [3.05, 3.63) is 81.9 Å². The number of aryl methyl sites for hydroxylation is 1. The Kier molecular flexibility index (Phi) is 8.76. The lowest BCUT2D eigenvalue weighted by Crippen LogP contribution is -2.20. The number of urea groups is 1. The number of carbonyl (C=O) groups excluding carboxylic acids is 3. The van der Waals surface area contributed by atoms with Gasteiger partial charge in [0.15, 0.2) is 17.3 Å². The molecule has 0 aliphatic rings. The average Bonchev–Trinajstić information content (AvgIpc) is 2.88. The summed E-state index contributed by atoms with van der Waals surface area (Å²) >= 11 is 0. The minimum Gasteiger partial charge on any atom is -0.493 e. The molecule has 0 bridgehead atoms. The minimum absolute atomic E-state index is 0.0787. The zero-order valence-electron chi connectivity index (χ0n) is 20.5. The highest BCUT2D eigenvalue weighted by molar-refractivity contribution is 6.04. The molecule has 0 radical (unpaired) electrons. The summed E-state index contributed by atoms with van der Waals surface area (Å²) in [5.41, 5.74) is 1.82. The molecule has 3 rings (SSSR count). The van der Waals surface area contributed by atoms with Crippen LogP contribution in [0.3, 0.4) is 0 Å². The molecule has 0 unspecified atom stereocenters. The summed E-state index contributed by atoms with van der Waals surface area (Å²) in [6.07, 6.45) is 0.563. The molecular weight excluding hydrogens is 480 g/mol. The quantitative estimate of drug-likeness (QED) is 0.198. The third-order valence-electron chi connectivity index (χ3n) is 5.38. The van der Waals surface area contributed by atoms with E-state index >= 15 is 0 Å². The van der Waals surface area contributed by atoms with E-state index < -0.39 is 11.0 Å². The van der Waals surface area contributed by atoms with Gasteiger partial charge in [-0.1, -0.05) is 24.3 Å². The van der Waals surface area contributed by atoms with Crippen LogP contribution in [-0.4, -0.2) is 36.9 Å². The number of nitro groups is 1. The van der Waals surface area contributed by atoms with Crippen molar-refractivity contribution in [2.45, 2.75) is 19.8 Å². The Morgan fingerprint density at radius 1 is 0.865 bits per heavy atom. The molecule has 0 saturated carbocycles. The summed E-state index contributed by atoms with van der Waals surface area (Å²) in [5.74, 6) is 0.248. The molecule has 3 N–H and O–H groups in total. The van der Waals surface area contributed by atoms with Gasteiger partial charge in [-0.05, 0) is 43.2 Å². The summed E-state index contributed by atoms with van der Waals surface area (Å²) in [4.78, 5) is 47.4. The fourth-order valence-electron chi connectivity index (χ4n) is 3.52. The van der Waals surface area contributed by atoms with E-state index in [1.54, 1.807) is 36.4 Å². The molecule has 0 atom stereocenters. The summed E-state index contributed by atoms with van der Waals surface area (Å²) in [6, 6.07) is 15.1. The molecule has 0 saturated heterocycles. The van der Waals surface area contributed by atoms with Gasteiger partial charge >= 0.3 is 6.03 Å². The maximum atomic E-state index is 12.6. The summed E-state index contributed by atoms with van der Waals surface area (Å²) < 4.78 is 10.5. The second-order valence-corrected chi connectivity index (χ2v) is 7.91. The van der Waals surface area contributed by atoms with Gasteiger partial charge in [0, 0.05) is 29.8 Å². The smallest absolute Gasteiger partial charge is 0.323 e. The van der Waals surface area contributed by atoms with E-state index in [4.69, 9.17) is 9.47 Å².